The Bertz CT molecular complexity index is 942. The average Bonchev–Trinajstić information content (AvgIpc) is 3.15. The quantitative estimate of drug-likeness (QED) is 0.738. The number of hydrogen-bond donors (Lipinski definition) is 2. The molecule has 3 N–H and O–H groups in total. The Morgan fingerprint density at radius 1 is 1.19 bits per heavy atom. The van der Waals surface area contributed by atoms with E-state index in [0.717, 1.165) is 33.6 Å². The highest BCUT2D eigenvalue weighted by Gasteiger charge is 2.16. The SMILES string of the molecule is CNC(=O)c1cnc(N)c2cc(-c3ccc(N4CCCCC4)cc3)sc12. The number of thiophene rings is 1. The molecule has 0 saturated carbocycles. The fourth-order valence-electron chi connectivity index (χ4n) is 3.47. The number of amides is 1. The summed E-state index contributed by atoms with van der Waals surface area (Å²) in [5.41, 5.74) is 9.02. The molecule has 0 unspecified atom stereocenters. The zero-order valence-corrected chi connectivity index (χ0v) is 15.6. The van der Waals surface area contributed by atoms with Crippen LogP contribution in [0.15, 0.2) is 36.5 Å². The van der Waals surface area contributed by atoms with Crippen molar-refractivity contribution in [2.75, 3.05) is 30.8 Å². The first kappa shape index (κ1) is 16.8. The normalized spacial score (nSPS) is 14.6. The summed E-state index contributed by atoms with van der Waals surface area (Å²) < 4.78 is 0.881. The van der Waals surface area contributed by atoms with Crippen LogP contribution >= 0.6 is 11.3 Å². The van der Waals surface area contributed by atoms with Crippen LogP contribution < -0.4 is 16.0 Å². The standard InChI is InChI=1S/C20H22N4OS/c1-22-20(25)16-12-23-19(21)15-11-17(26-18(15)16)13-5-7-14(8-6-13)24-9-3-2-4-10-24/h5-8,11-12H,2-4,9-10H2,1H3,(H2,21,23)(H,22,25). The summed E-state index contributed by atoms with van der Waals surface area (Å²) in [5, 5.41) is 3.51. The second-order valence-corrected chi connectivity index (χ2v) is 7.64. The Balaban J connectivity index is 1.70. The molecule has 0 bridgehead atoms. The summed E-state index contributed by atoms with van der Waals surface area (Å²) in [6, 6.07) is 10.7. The van der Waals surface area contributed by atoms with Gasteiger partial charge in [0.2, 0.25) is 0 Å². The minimum absolute atomic E-state index is 0.142. The van der Waals surface area contributed by atoms with E-state index in [2.05, 4.69) is 39.5 Å². The van der Waals surface area contributed by atoms with Crippen molar-refractivity contribution in [3.8, 4) is 10.4 Å². The molecule has 26 heavy (non-hydrogen) atoms. The number of nitrogens with one attached hydrogen (secondary N) is 1. The molecule has 0 atom stereocenters. The Morgan fingerprint density at radius 2 is 1.92 bits per heavy atom. The Labute approximate surface area is 156 Å². The average molecular weight is 366 g/mol. The van der Waals surface area contributed by atoms with Crippen LogP contribution in [-0.2, 0) is 0 Å². The van der Waals surface area contributed by atoms with Crippen LogP contribution in [0, 0.1) is 0 Å². The third-order valence-electron chi connectivity index (χ3n) is 4.93. The number of hydrogen-bond acceptors (Lipinski definition) is 5. The summed E-state index contributed by atoms with van der Waals surface area (Å²) in [4.78, 5) is 19.8. The number of benzene rings is 1. The maximum absolute atomic E-state index is 12.1. The first-order chi connectivity index (χ1) is 12.7. The third-order valence-corrected chi connectivity index (χ3v) is 6.15. The summed E-state index contributed by atoms with van der Waals surface area (Å²) in [7, 11) is 1.62. The van der Waals surface area contributed by atoms with Gasteiger partial charge in [-0.25, -0.2) is 4.98 Å². The number of rotatable bonds is 3. The van der Waals surface area contributed by atoms with Gasteiger partial charge in [-0.05, 0) is 43.0 Å². The summed E-state index contributed by atoms with van der Waals surface area (Å²) in [5.74, 6) is 0.316. The second-order valence-electron chi connectivity index (χ2n) is 6.58. The molecular weight excluding hydrogens is 344 g/mol. The van der Waals surface area contributed by atoms with E-state index < -0.39 is 0 Å². The van der Waals surface area contributed by atoms with Crippen molar-refractivity contribution in [1.29, 1.82) is 0 Å². The van der Waals surface area contributed by atoms with E-state index in [9.17, 15) is 4.79 Å². The van der Waals surface area contributed by atoms with Crippen LogP contribution in [0.3, 0.4) is 0 Å². The fourth-order valence-corrected chi connectivity index (χ4v) is 4.65. The molecule has 0 spiro atoms. The highest BCUT2D eigenvalue weighted by Crippen LogP contribution is 2.38. The van der Waals surface area contributed by atoms with Crippen LogP contribution in [0.1, 0.15) is 29.6 Å². The largest absolute Gasteiger partial charge is 0.383 e. The number of nitrogen functional groups attached to an aromatic ring is 1. The first-order valence-electron chi connectivity index (χ1n) is 8.93. The van der Waals surface area contributed by atoms with Crippen molar-refractivity contribution in [3.05, 3.63) is 42.1 Å². The van der Waals surface area contributed by atoms with Gasteiger partial charge >= 0.3 is 0 Å². The lowest BCUT2D eigenvalue weighted by molar-refractivity contribution is 0.0964. The van der Waals surface area contributed by atoms with E-state index >= 15 is 0 Å². The van der Waals surface area contributed by atoms with Gasteiger partial charge in [0.25, 0.3) is 5.91 Å². The highest BCUT2D eigenvalue weighted by atomic mass is 32.1. The zero-order chi connectivity index (χ0) is 18.1. The van der Waals surface area contributed by atoms with E-state index in [-0.39, 0.29) is 5.91 Å². The van der Waals surface area contributed by atoms with Gasteiger partial charge in [-0.15, -0.1) is 11.3 Å². The van der Waals surface area contributed by atoms with E-state index in [1.165, 1.54) is 24.9 Å². The maximum Gasteiger partial charge on any atom is 0.254 e. The molecule has 0 radical (unpaired) electrons. The van der Waals surface area contributed by atoms with E-state index in [1.54, 1.807) is 24.6 Å². The molecule has 3 heterocycles. The Morgan fingerprint density at radius 3 is 2.62 bits per heavy atom. The highest BCUT2D eigenvalue weighted by molar-refractivity contribution is 7.22. The minimum atomic E-state index is -0.142. The second kappa shape index (κ2) is 6.96. The maximum atomic E-state index is 12.1. The molecule has 1 aliphatic rings. The fraction of sp³-hybridized carbons (Fsp3) is 0.300. The van der Waals surface area contributed by atoms with Gasteiger partial charge in [0, 0.05) is 42.3 Å². The van der Waals surface area contributed by atoms with Gasteiger partial charge in [-0.2, -0.15) is 0 Å². The molecule has 1 aromatic carbocycles. The topological polar surface area (TPSA) is 71.2 Å². The minimum Gasteiger partial charge on any atom is -0.383 e. The van der Waals surface area contributed by atoms with Crippen LogP contribution in [0.2, 0.25) is 0 Å². The lowest BCUT2D eigenvalue weighted by Crippen LogP contribution is -2.29. The molecule has 1 fully saturated rings. The molecule has 134 valence electrons. The van der Waals surface area contributed by atoms with Crippen molar-refractivity contribution < 1.29 is 4.79 Å². The number of aromatic nitrogens is 1. The van der Waals surface area contributed by atoms with Crippen molar-refractivity contribution in [1.82, 2.24) is 10.3 Å². The third kappa shape index (κ3) is 3.01. The number of nitrogens with two attached hydrogens (primary N) is 1. The molecule has 3 aromatic rings. The van der Waals surface area contributed by atoms with Gasteiger partial charge < -0.3 is 16.0 Å². The molecule has 1 amide bonds. The Kier molecular flexibility index (Phi) is 4.51. The van der Waals surface area contributed by atoms with E-state index in [0.29, 0.717) is 11.4 Å². The monoisotopic (exact) mass is 366 g/mol. The number of piperidine rings is 1. The van der Waals surface area contributed by atoms with Gasteiger partial charge in [0.1, 0.15) is 5.82 Å². The van der Waals surface area contributed by atoms with Crippen molar-refractivity contribution in [2.45, 2.75) is 19.3 Å². The summed E-state index contributed by atoms with van der Waals surface area (Å²) in [6.07, 6.45) is 5.43. The molecule has 6 heteroatoms. The zero-order valence-electron chi connectivity index (χ0n) is 14.8. The van der Waals surface area contributed by atoms with Gasteiger partial charge in [-0.3, -0.25) is 4.79 Å². The number of fused-ring (bicyclic) bond motifs is 1. The number of pyridine rings is 1. The van der Waals surface area contributed by atoms with Crippen molar-refractivity contribution >= 4 is 38.8 Å². The van der Waals surface area contributed by atoms with E-state index in [4.69, 9.17) is 5.73 Å². The van der Waals surface area contributed by atoms with Gasteiger partial charge in [0.05, 0.1) is 10.3 Å². The lowest BCUT2D eigenvalue weighted by atomic mass is 10.1. The van der Waals surface area contributed by atoms with Crippen LogP contribution in [0.25, 0.3) is 20.5 Å². The summed E-state index contributed by atoms with van der Waals surface area (Å²) in [6.45, 7) is 2.28. The molecule has 1 saturated heterocycles. The molecular formula is C20H22N4OS. The van der Waals surface area contributed by atoms with E-state index in [1.807, 2.05) is 6.07 Å². The number of carbonyl (C=O) groups excluding carboxylic acids is 1. The van der Waals surface area contributed by atoms with Crippen molar-refractivity contribution in [3.63, 3.8) is 0 Å². The van der Waals surface area contributed by atoms with Gasteiger partial charge in [-0.1, -0.05) is 12.1 Å². The van der Waals surface area contributed by atoms with Crippen LogP contribution in [0.4, 0.5) is 11.5 Å². The van der Waals surface area contributed by atoms with Crippen LogP contribution in [0.5, 0.6) is 0 Å². The predicted octanol–water partition coefficient (Wildman–Crippen LogP) is 3.90. The molecule has 4 rings (SSSR count). The van der Waals surface area contributed by atoms with Gasteiger partial charge in [0.15, 0.2) is 0 Å². The smallest absolute Gasteiger partial charge is 0.254 e. The summed E-state index contributed by atoms with van der Waals surface area (Å²) >= 11 is 1.58. The van der Waals surface area contributed by atoms with Crippen LogP contribution in [-0.4, -0.2) is 31.0 Å². The first-order valence-corrected chi connectivity index (χ1v) is 9.74. The lowest BCUT2D eigenvalue weighted by Gasteiger charge is -2.28. The Hall–Kier alpha value is -2.60. The molecule has 5 nitrogen and oxygen atoms in total. The number of carbonyl (C=O) groups is 1. The number of nitrogens with zero attached hydrogens (tertiary/aromatic N) is 2. The molecule has 1 aliphatic heterocycles. The number of anilines is 2. The molecule has 0 aliphatic carbocycles. The molecule has 2 aromatic heterocycles. The predicted molar refractivity (Wildman–Crippen MR) is 109 cm³/mol. The van der Waals surface area contributed by atoms with Crippen molar-refractivity contribution in [2.24, 2.45) is 0 Å².